The molecule has 2 atom stereocenters. The van der Waals surface area contributed by atoms with Gasteiger partial charge in [0.2, 0.25) is 0 Å². The number of ether oxygens (including phenoxy) is 2. The summed E-state index contributed by atoms with van der Waals surface area (Å²) in [5, 5.41) is 4.18. The van der Waals surface area contributed by atoms with Crippen molar-refractivity contribution < 1.29 is 23.6 Å². The molecule has 156 valence electrons. The first-order chi connectivity index (χ1) is 12.4. The number of carbonyl (C=O) groups excluding carboxylic acids is 2. The minimum Gasteiger partial charge on any atom is -0.465 e. The van der Waals surface area contributed by atoms with Crippen LogP contribution in [0.25, 0.3) is 0 Å². The second-order valence-electron chi connectivity index (χ2n) is 8.50. The van der Waals surface area contributed by atoms with E-state index in [1.165, 1.54) is 0 Å². The molecule has 1 rings (SSSR count). The van der Waals surface area contributed by atoms with Crippen molar-refractivity contribution in [3.8, 4) is 0 Å². The van der Waals surface area contributed by atoms with Gasteiger partial charge in [0.05, 0.1) is 24.3 Å². The Morgan fingerprint density at radius 1 is 1.19 bits per heavy atom. The lowest BCUT2D eigenvalue weighted by Crippen LogP contribution is -2.39. The molecular formula is C19H34ClNO5Si. The fourth-order valence-electron chi connectivity index (χ4n) is 2.63. The number of hydrogen-bond acceptors (Lipinski definition) is 6. The summed E-state index contributed by atoms with van der Waals surface area (Å²) >= 11 is 6.45. The second kappa shape index (κ2) is 9.91. The maximum atomic E-state index is 12.2. The zero-order chi connectivity index (χ0) is 20.8. The van der Waals surface area contributed by atoms with Crippen LogP contribution in [0.15, 0.2) is 5.16 Å². The Morgan fingerprint density at radius 2 is 1.70 bits per heavy atom. The van der Waals surface area contributed by atoms with Crippen LogP contribution in [-0.2, 0) is 23.6 Å². The van der Waals surface area contributed by atoms with Crippen LogP contribution < -0.4 is 0 Å². The van der Waals surface area contributed by atoms with Crippen molar-refractivity contribution in [3.63, 3.8) is 0 Å². The lowest BCUT2D eigenvalue weighted by Gasteiger charge is -2.33. The average molecular weight is 420 g/mol. The summed E-state index contributed by atoms with van der Waals surface area (Å²) in [5.74, 6) is -1.93. The molecule has 0 heterocycles. The van der Waals surface area contributed by atoms with Gasteiger partial charge in [-0.05, 0) is 57.2 Å². The van der Waals surface area contributed by atoms with E-state index in [0.29, 0.717) is 19.3 Å². The molecule has 0 bridgehead atoms. The first-order valence-corrected chi connectivity index (χ1v) is 13.0. The zero-order valence-electron chi connectivity index (χ0n) is 17.6. The molecule has 1 fully saturated rings. The maximum Gasteiger partial charge on any atom is 0.320 e. The van der Waals surface area contributed by atoms with Crippen molar-refractivity contribution in [1.29, 1.82) is 0 Å². The maximum absolute atomic E-state index is 12.2. The summed E-state index contributed by atoms with van der Waals surface area (Å²) < 4.78 is 16.0. The number of hydrogen-bond donors (Lipinski definition) is 0. The molecule has 1 saturated carbocycles. The Bertz CT molecular complexity index is 541. The summed E-state index contributed by atoms with van der Waals surface area (Å²) in [7, 11) is -2.01. The van der Waals surface area contributed by atoms with Crippen LogP contribution in [0.3, 0.4) is 0 Å². The Hall–Kier alpha value is -1.08. The van der Waals surface area contributed by atoms with E-state index in [9.17, 15) is 9.59 Å². The molecule has 0 radical (unpaired) electrons. The molecule has 8 heteroatoms. The monoisotopic (exact) mass is 419 g/mol. The molecular weight excluding hydrogens is 386 g/mol. The van der Waals surface area contributed by atoms with Gasteiger partial charge >= 0.3 is 11.9 Å². The van der Waals surface area contributed by atoms with Crippen LogP contribution in [0.2, 0.25) is 18.1 Å². The highest BCUT2D eigenvalue weighted by Crippen LogP contribution is 2.38. The lowest BCUT2D eigenvalue weighted by molar-refractivity contribution is -0.162. The predicted molar refractivity (Wildman–Crippen MR) is 109 cm³/mol. The van der Waals surface area contributed by atoms with Crippen LogP contribution in [-0.4, -0.2) is 44.6 Å². The van der Waals surface area contributed by atoms with E-state index in [2.05, 4.69) is 39.0 Å². The van der Waals surface area contributed by atoms with E-state index in [0.717, 1.165) is 5.71 Å². The lowest BCUT2D eigenvalue weighted by atomic mass is 9.93. The van der Waals surface area contributed by atoms with E-state index in [4.69, 9.17) is 25.6 Å². The highest BCUT2D eigenvalue weighted by atomic mass is 35.5. The molecule has 2 unspecified atom stereocenters. The van der Waals surface area contributed by atoms with Crippen molar-refractivity contribution >= 4 is 37.6 Å². The van der Waals surface area contributed by atoms with Crippen LogP contribution in [0.1, 0.15) is 53.9 Å². The zero-order valence-corrected chi connectivity index (χ0v) is 19.4. The highest BCUT2D eigenvalue weighted by molar-refractivity contribution is 6.74. The number of oxime groups is 1. The summed E-state index contributed by atoms with van der Waals surface area (Å²) in [6.45, 7) is 14.6. The van der Waals surface area contributed by atoms with Crippen molar-refractivity contribution in [2.45, 2.75) is 77.4 Å². The molecule has 0 aromatic carbocycles. The molecule has 0 aliphatic heterocycles. The molecule has 1 aliphatic carbocycles. The molecule has 0 aromatic rings. The van der Waals surface area contributed by atoms with E-state index in [-0.39, 0.29) is 29.5 Å². The highest BCUT2D eigenvalue weighted by Gasteiger charge is 2.41. The fourth-order valence-corrected chi connectivity index (χ4v) is 3.63. The molecule has 6 nitrogen and oxygen atoms in total. The van der Waals surface area contributed by atoms with E-state index >= 15 is 0 Å². The van der Waals surface area contributed by atoms with Crippen molar-refractivity contribution in [2.24, 2.45) is 17.0 Å². The first-order valence-electron chi connectivity index (χ1n) is 9.65. The number of alkyl halides is 1. The molecule has 0 N–H and O–H groups in total. The number of esters is 2. The van der Waals surface area contributed by atoms with Crippen molar-refractivity contribution in [1.82, 2.24) is 0 Å². The largest absolute Gasteiger partial charge is 0.465 e. The Kier molecular flexibility index (Phi) is 8.80. The summed E-state index contributed by atoms with van der Waals surface area (Å²) in [6, 6.07) is 0. The fraction of sp³-hybridized carbons (Fsp3) is 0.842. The minimum atomic E-state index is -2.01. The van der Waals surface area contributed by atoms with E-state index in [1.54, 1.807) is 13.8 Å². The Labute approximate surface area is 169 Å². The number of rotatable bonds is 8. The Balaban J connectivity index is 2.81. The number of nitrogens with zero attached hydrogens (tertiary/aromatic N) is 1. The molecule has 27 heavy (non-hydrogen) atoms. The van der Waals surface area contributed by atoms with Gasteiger partial charge in [-0.15, -0.1) is 16.8 Å². The van der Waals surface area contributed by atoms with Gasteiger partial charge in [0.1, 0.15) is 0 Å². The average Bonchev–Trinajstić information content (AvgIpc) is 2.89. The normalized spacial score (nSPS) is 22.2. The van der Waals surface area contributed by atoms with E-state index in [1.807, 2.05) is 0 Å². The predicted octanol–water partition coefficient (Wildman–Crippen LogP) is 4.51. The first kappa shape index (κ1) is 24.0. The Morgan fingerprint density at radius 3 is 2.15 bits per heavy atom. The summed E-state index contributed by atoms with van der Waals surface area (Å²) in [4.78, 5) is 24.3. The van der Waals surface area contributed by atoms with Gasteiger partial charge in [0.25, 0.3) is 8.32 Å². The van der Waals surface area contributed by atoms with Gasteiger partial charge in [-0.1, -0.05) is 20.8 Å². The third-order valence-electron chi connectivity index (χ3n) is 5.31. The molecule has 1 aliphatic rings. The standard InChI is InChI=1S/C19H34ClNO5Si/c1-8-24-17(22)14(18(23)25-9-2)10-13-11-15(20)16(12-13)21-26-27(6,7)19(3,4)5/h13-15H,8-12H2,1-7H3/b21-16+. The van der Waals surface area contributed by atoms with Gasteiger partial charge in [-0.3, -0.25) is 9.59 Å². The van der Waals surface area contributed by atoms with Gasteiger partial charge in [0.15, 0.2) is 5.92 Å². The van der Waals surface area contributed by atoms with Crippen molar-refractivity contribution in [3.05, 3.63) is 0 Å². The third kappa shape index (κ3) is 6.78. The SMILES string of the molecule is CCOC(=O)C(CC1C/C(=N\O[Si](C)(C)C(C)(C)C)C(Cl)C1)C(=O)OCC. The van der Waals surface area contributed by atoms with Crippen molar-refractivity contribution in [2.75, 3.05) is 13.2 Å². The molecule has 0 amide bonds. The number of halogens is 1. The number of carbonyl (C=O) groups is 2. The third-order valence-corrected chi connectivity index (χ3v) is 9.90. The topological polar surface area (TPSA) is 74.2 Å². The molecule has 0 aromatic heterocycles. The van der Waals surface area contributed by atoms with Crippen LogP contribution in [0.4, 0.5) is 0 Å². The molecule has 0 spiro atoms. The van der Waals surface area contributed by atoms with Gasteiger partial charge in [-0.2, -0.15) is 0 Å². The second-order valence-corrected chi connectivity index (χ2v) is 13.7. The smallest absolute Gasteiger partial charge is 0.320 e. The van der Waals surface area contributed by atoms with Crippen LogP contribution >= 0.6 is 11.6 Å². The van der Waals surface area contributed by atoms with Gasteiger partial charge < -0.3 is 14.0 Å². The minimum absolute atomic E-state index is 0.0514. The van der Waals surface area contributed by atoms with Gasteiger partial charge in [-0.25, -0.2) is 0 Å². The van der Waals surface area contributed by atoms with Crippen LogP contribution in [0.5, 0.6) is 0 Å². The summed E-state index contributed by atoms with van der Waals surface area (Å²) in [5.41, 5.74) is 0.790. The van der Waals surface area contributed by atoms with Crippen LogP contribution in [0, 0.1) is 11.8 Å². The van der Waals surface area contributed by atoms with E-state index < -0.39 is 26.2 Å². The summed E-state index contributed by atoms with van der Waals surface area (Å²) in [6.07, 6.45) is 1.61. The van der Waals surface area contributed by atoms with Gasteiger partial charge in [0, 0.05) is 0 Å². The quantitative estimate of drug-likeness (QED) is 0.190. The molecule has 0 saturated heterocycles.